The predicted octanol–water partition coefficient (Wildman–Crippen LogP) is 1.63. The Bertz CT molecular complexity index is 75.6. The van der Waals surface area contributed by atoms with Gasteiger partial charge in [-0.3, -0.25) is 9.80 Å². The second-order valence-electron chi connectivity index (χ2n) is 3.34. The van der Waals surface area contributed by atoms with Crippen LogP contribution in [0.5, 0.6) is 0 Å². The van der Waals surface area contributed by atoms with Crippen LogP contribution in [0.2, 0.25) is 0 Å². The average Bonchev–Trinajstić information content (AvgIpc) is 1.87. The number of hydrogen-bond acceptors (Lipinski definition) is 2. The van der Waals surface area contributed by atoms with E-state index < -0.39 is 0 Å². The Labute approximate surface area is 71.2 Å². The minimum Gasteiger partial charge on any atom is -0.297 e. The molecule has 0 aliphatic rings. The van der Waals surface area contributed by atoms with E-state index in [0.29, 0.717) is 0 Å². The molecule has 2 heteroatoms. The third-order valence-corrected chi connectivity index (χ3v) is 1.56. The maximum Gasteiger partial charge on any atom is 0.0500 e. The molecular weight excluding hydrogens is 136 g/mol. The summed E-state index contributed by atoms with van der Waals surface area (Å²) >= 11 is 0. The Morgan fingerprint density at radius 1 is 0.909 bits per heavy atom. The van der Waals surface area contributed by atoms with Crippen molar-refractivity contribution in [2.45, 2.75) is 26.7 Å². The standard InChI is InChI=1S/C9H22N2/c1-5-7-11(8-6-2)9-10(3)4/h5-9H2,1-4H3. The number of rotatable bonds is 6. The summed E-state index contributed by atoms with van der Waals surface area (Å²) < 4.78 is 0. The zero-order chi connectivity index (χ0) is 8.69. The van der Waals surface area contributed by atoms with Gasteiger partial charge in [-0.15, -0.1) is 0 Å². The summed E-state index contributed by atoms with van der Waals surface area (Å²) in [6, 6.07) is 0. The second-order valence-corrected chi connectivity index (χ2v) is 3.34. The first-order valence-electron chi connectivity index (χ1n) is 4.57. The van der Waals surface area contributed by atoms with Crippen molar-refractivity contribution in [2.24, 2.45) is 0 Å². The van der Waals surface area contributed by atoms with Crippen molar-refractivity contribution in [1.29, 1.82) is 0 Å². The summed E-state index contributed by atoms with van der Waals surface area (Å²) in [5, 5.41) is 0. The summed E-state index contributed by atoms with van der Waals surface area (Å²) in [6.45, 7) is 8.02. The SMILES string of the molecule is CCCN(CCC)CN(C)C. The molecule has 11 heavy (non-hydrogen) atoms. The molecular formula is C9H22N2. The average molecular weight is 158 g/mol. The van der Waals surface area contributed by atoms with Crippen LogP contribution >= 0.6 is 0 Å². The summed E-state index contributed by atoms with van der Waals surface area (Å²) in [4.78, 5) is 4.71. The molecule has 0 aliphatic carbocycles. The third-order valence-electron chi connectivity index (χ3n) is 1.56. The van der Waals surface area contributed by atoms with Crippen LogP contribution in [0.25, 0.3) is 0 Å². The molecule has 0 amide bonds. The highest BCUT2D eigenvalue weighted by atomic mass is 15.3. The molecule has 0 atom stereocenters. The van der Waals surface area contributed by atoms with Gasteiger partial charge in [0.25, 0.3) is 0 Å². The van der Waals surface area contributed by atoms with Gasteiger partial charge in [-0.1, -0.05) is 13.8 Å². The highest BCUT2D eigenvalue weighted by Crippen LogP contribution is 1.94. The molecule has 0 saturated heterocycles. The lowest BCUT2D eigenvalue weighted by Gasteiger charge is -2.24. The van der Waals surface area contributed by atoms with Gasteiger partial charge in [0.05, 0.1) is 6.67 Å². The molecule has 0 bridgehead atoms. The predicted molar refractivity (Wildman–Crippen MR) is 50.7 cm³/mol. The van der Waals surface area contributed by atoms with Gasteiger partial charge in [0, 0.05) is 0 Å². The van der Waals surface area contributed by atoms with E-state index in [1.165, 1.54) is 25.9 Å². The van der Waals surface area contributed by atoms with Crippen molar-refractivity contribution in [1.82, 2.24) is 9.80 Å². The Hall–Kier alpha value is -0.0800. The van der Waals surface area contributed by atoms with Crippen LogP contribution in [0.3, 0.4) is 0 Å². The molecule has 0 aromatic carbocycles. The van der Waals surface area contributed by atoms with E-state index >= 15 is 0 Å². The van der Waals surface area contributed by atoms with Crippen LogP contribution in [0, 0.1) is 0 Å². The fourth-order valence-corrected chi connectivity index (χ4v) is 1.29. The van der Waals surface area contributed by atoms with Gasteiger partial charge in [0.2, 0.25) is 0 Å². The minimum absolute atomic E-state index is 1.10. The van der Waals surface area contributed by atoms with Gasteiger partial charge in [-0.25, -0.2) is 0 Å². The molecule has 0 aromatic rings. The van der Waals surface area contributed by atoms with Gasteiger partial charge in [0.1, 0.15) is 0 Å². The van der Waals surface area contributed by atoms with E-state index in [1.54, 1.807) is 0 Å². The molecule has 0 fully saturated rings. The van der Waals surface area contributed by atoms with Gasteiger partial charge in [-0.2, -0.15) is 0 Å². The first-order valence-corrected chi connectivity index (χ1v) is 4.57. The smallest absolute Gasteiger partial charge is 0.0500 e. The van der Waals surface area contributed by atoms with Crippen LogP contribution < -0.4 is 0 Å². The molecule has 0 saturated carbocycles. The molecule has 0 unspecified atom stereocenters. The molecule has 68 valence electrons. The maximum atomic E-state index is 2.49. The molecule has 2 nitrogen and oxygen atoms in total. The molecule has 0 spiro atoms. The first kappa shape index (κ1) is 10.9. The number of nitrogens with zero attached hydrogens (tertiary/aromatic N) is 2. The Balaban J connectivity index is 3.50. The van der Waals surface area contributed by atoms with Gasteiger partial charge in [0.15, 0.2) is 0 Å². The maximum absolute atomic E-state index is 2.49. The first-order chi connectivity index (χ1) is 5.20. The van der Waals surface area contributed by atoms with E-state index in [9.17, 15) is 0 Å². The van der Waals surface area contributed by atoms with Crippen LogP contribution in [0.1, 0.15) is 26.7 Å². The van der Waals surface area contributed by atoms with Crippen molar-refractivity contribution in [2.75, 3.05) is 33.9 Å². The van der Waals surface area contributed by atoms with Gasteiger partial charge in [-0.05, 0) is 40.0 Å². The molecule has 0 aliphatic heterocycles. The topological polar surface area (TPSA) is 6.48 Å². The van der Waals surface area contributed by atoms with E-state index in [4.69, 9.17) is 0 Å². The van der Waals surface area contributed by atoms with E-state index in [1.807, 2.05) is 0 Å². The van der Waals surface area contributed by atoms with E-state index in [-0.39, 0.29) is 0 Å². The normalized spacial score (nSPS) is 11.5. The molecule has 0 rings (SSSR count). The van der Waals surface area contributed by atoms with Crippen molar-refractivity contribution in [3.8, 4) is 0 Å². The van der Waals surface area contributed by atoms with Gasteiger partial charge >= 0.3 is 0 Å². The highest BCUT2D eigenvalue weighted by molar-refractivity contribution is 4.53. The summed E-state index contributed by atoms with van der Waals surface area (Å²) in [5.41, 5.74) is 0. The molecule has 0 N–H and O–H groups in total. The lowest BCUT2D eigenvalue weighted by atomic mass is 10.4. The zero-order valence-electron chi connectivity index (χ0n) is 8.43. The Morgan fingerprint density at radius 2 is 1.36 bits per heavy atom. The van der Waals surface area contributed by atoms with Crippen molar-refractivity contribution >= 4 is 0 Å². The minimum atomic E-state index is 1.10. The Morgan fingerprint density at radius 3 is 1.64 bits per heavy atom. The summed E-state index contributed by atoms with van der Waals surface area (Å²) in [7, 11) is 4.25. The van der Waals surface area contributed by atoms with Crippen molar-refractivity contribution < 1.29 is 0 Å². The quantitative estimate of drug-likeness (QED) is 0.542. The lowest BCUT2D eigenvalue weighted by Crippen LogP contribution is -2.34. The zero-order valence-corrected chi connectivity index (χ0v) is 8.43. The van der Waals surface area contributed by atoms with Crippen LogP contribution in [-0.2, 0) is 0 Å². The monoisotopic (exact) mass is 158 g/mol. The number of hydrogen-bond donors (Lipinski definition) is 0. The summed E-state index contributed by atoms with van der Waals surface area (Å²) in [5.74, 6) is 0. The van der Waals surface area contributed by atoms with Crippen LogP contribution in [0.4, 0.5) is 0 Å². The fourth-order valence-electron chi connectivity index (χ4n) is 1.29. The molecule has 0 heterocycles. The fraction of sp³-hybridized carbons (Fsp3) is 1.00. The lowest BCUT2D eigenvalue weighted by molar-refractivity contribution is 0.176. The second kappa shape index (κ2) is 6.62. The van der Waals surface area contributed by atoms with Crippen molar-refractivity contribution in [3.63, 3.8) is 0 Å². The van der Waals surface area contributed by atoms with E-state index in [0.717, 1.165) is 6.67 Å². The largest absolute Gasteiger partial charge is 0.297 e. The molecule has 0 aromatic heterocycles. The highest BCUT2D eigenvalue weighted by Gasteiger charge is 2.01. The summed E-state index contributed by atoms with van der Waals surface area (Å²) in [6.07, 6.45) is 2.52. The van der Waals surface area contributed by atoms with E-state index in [2.05, 4.69) is 37.7 Å². The van der Waals surface area contributed by atoms with Gasteiger partial charge < -0.3 is 0 Å². The van der Waals surface area contributed by atoms with Crippen molar-refractivity contribution in [3.05, 3.63) is 0 Å². The molecule has 0 radical (unpaired) electrons. The third kappa shape index (κ3) is 6.32. The Kier molecular flexibility index (Phi) is 6.57. The van der Waals surface area contributed by atoms with Crippen LogP contribution in [-0.4, -0.2) is 43.7 Å². The van der Waals surface area contributed by atoms with Crippen LogP contribution in [0.15, 0.2) is 0 Å².